The lowest BCUT2D eigenvalue weighted by atomic mass is 10.2. The highest BCUT2D eigenvalue weighted by Gasteiger charge is 2.19. The molecule has 116 valence electrons. The summed E-state index contributed by atoms with van der Waals surface area (Å²) >= 11 is 5.79. The van der Waals surface area contributed by atoms with Crippen LogP contribution in [0.1, 0.15) is 19.4 Å². The summed E-state index contributed by atoms with van der Waals surface area (Å²) in [6, 6.07) is 6.73. The Labute approximate surface area is 131 Å². The second kappa shape index (κ2) is 7.61. The van der Waals surface area contributed by atoms with Crippen LogP contribution in [-0.4, -0.2) is 43.8 Å². The van der Waals surface area contributed by atoms with Crippen molar-refractivity contribution in [2.75, 3.05) is 18.6 Å². The third-order valence-corrected chi connectivity index (χ3v) is 5.35. The molecule has 1 amide bonds. The van der Waals surface area contributed by atoms with Crippen molar-refractivity contribution in [3.8, 4) is 0 Å². The number of nitrogens with zero attached hydrogens (tertiary/aromatic N) is 1. The van der Waals surface area contributed by atoms with Crippen molar-refractivity contribution in [1.29, 1.82) is 0 Å². The van der Waals surface area contributed by atoms with Gasteiger partial charge in [0.1, 0.15) is 0 Å². The summed E-state index contributed by atoms with van der Waals surface area (Å²) in [5, 5.41) is 0.633. The maximum absolute atomic E-state index is 12.0. The van der Waals surface area contributed by atoms with Crippen molar-refractivity contribution in [2.45, 2.75) is 19.9 Å². The van der Waals surface area contributed by atoms with Crippen LogP contribution in [0.5, 0.6) is 0 Å². The first-order valence-electron chi connectivity index (χ1n) is 6.66. The SMILES string of the molecule is CCS(=O)(=O)C[C@@H](C)N(C)C(=O)/C=C/c1ccc(Cl)cc1. The third kappa shape index (κ3) is 5.89. The molecule has 0 heterocycles. The van der Waals surface area contributed by atoms with E-state index in [-0.39, 0.29) is 23.5 Å². The standard InChI is InChI=1S/C15H20ClNO3S/c1-4-21(19,20)11-12(2)17(3)15(18)10-7-13-5-8-14(16)9-6-13/h5-10,12H,4,11H2,1-3H3/b10-7+/t12-/m1/s1. The molecular weight excluding hydrogens is 310 g/mol. The van der Waals surface area contributed by atoms with Gasteiger partial charge in [-0.1, -0.05) is 30.7 Å². The minimum atomic E-state index is -3.10. The Morgan fingerprint density at radius 3 is 2.43 bits per heavy atom. The molecule has 6 heteroatoms. The first kappa shape index (κ1) is 17.7. The number of hydrogen-bond donors (Lipinski definition) is 0. The van der Waals surface area contributed by atoms with E-state index in [9.17, 15) is 13.2 Å². The second-order valence-corrected chi connectivity index (χ2v) is 7.72. The molecule has 0 radical (unpaired) electrons. The van der Waals surface area contributed by atoms with Crippen LogP contribution < -0.4 is 0 Å². The maximum Gasteiger partial charge on any atom is 0.246 e. The van der Waals surface area contributed by atoms with Gasteiger partial charge in [0.25, 0.3) is 0 Å². The number of amides is 1. The topological polar surface area (TPSA) is 54.5 Å². The summed E-state index contributed by atoms with van der Waals surface area (Å²) in [6.45, 7) is 3.32. The lowest BCUT2D eigenvalue weighted by molar-refractivity contribution is -0.126. The molecule has 0 unspecified atom stereocenters. The Morgan fingerprint density at radius 2 is 1.90 bits per heavy atom. The van der Waals surface area contributed by atoms with Crippen LogP contribution in [0, 0.1) is 0 Å². The molecule has 1 atom stereocenters. The Hall–Kier alpha value is -1.33. The lowest BCUT2D eigenvalue weighted by Gasteiger charge is -2.23. The number of rotatable bonds is 6. The molecule has 1 aromatic carbocycles. The third-order valence-electron chi connectivity index (χ3n) is 3.23. The quantitative estimate of drug-likeness (QED) is 0.754. The molecule has 0 bridgehead atoms. The lowest BCUT2D eigenvalue weighted by Crippen LogP contribution is -2.38. The van der Waals surface area contributed by atoms with E-state index in [4.69, 9.17) is 11.6 Å². The van der Waals surface area contributed by atoms with Gasteiger partial charge in [-0.05, 0) is 30.7 Å². The number of sulfone groups is 1. The average Bonchev–Trinajstić information content (AvgIpc) is 2.45. The van der Waals surface area contributed by atoms with Crippen LogP contribution >= 0.6 is 11.6 Å². The van der Waals surface area contributed by atoms with Crippen LogP contribution in [0.4, 0.5) is 0 Å². The average molecular weight is 330 g/mol. The molecule has 0 fully saturated rings. The number of halogens is 1. The Morgan fingerprint density at radius 1 is 1.33 bits per heavy atom. The van der Waals surface area contributed by atoms with E-state index in [0.717, 1.165) is 5.56 Å². The fourth-order valence-electron chi connectivity index (χ4n) is 1.67. The van der Waals surface area contributed by atoms with Crippen molar-refractivity contribution < 1.29 is 13.2 Å². The van der Waals surface area contributed by atoms with Crippen LogP contribution in [0.2, 0.25) is 5.02 Å². The highest BCUT2D eigenvalue weighted by molar-refractivity contribution is 7.91. The molecule has 0 saturated heterocycles. The molecule has 0 aliphatic rings. The summed E-state index contributed by atoms with van der Waals surface area (Å²) in [4.78, 5) is 13.4. The number of hydrogen-bond acceptors (Lipinski definition) is 3. The van der Waals surface area contributed by atoms with Crippen LogP contribution in [0.3, 0.4) is 0 Å². The first-order chi connectivity index (χ1) is 9.75. The summed E-state index contributed by atoms with van der Waals surface area (Å²) in [5.74, 6) is -0.177. The van der Waals surface area contributed by atoms with Crippen molar-refractivity contribution in [2.24, 2.45) is 0 Å². The van der Waals surface area contributed by atoms with E-state index in [0.29, 0.717) is 5.02 Å². The monoisotopic (exact) mass is 329 g/mol. The van der Waals surface area contributed by atoms with Gasteiger partial charge in [-0.3, -0.25) is 4.79 Å². The summed E-state index contributed by atoms with van der Waals surface area (Å²) in [5.41, 5.74) is 0.856. The van der Waals surface area contributed by atoms with Crippen molar-refractivity contribution >= 4 is 33.4 Å². The van der Waals surface area contributed by atoms with Crippen molar-refractivity contribution in [3.05, 3.63) is 40.9 Å². The predicted molar refractivity (Wildman–Crippen MR) is 87.0 cm³/mol. The van der Waals surface area contributed by atoms with Gasteiger partial charge in [-0.2, -0.15) is 0 Å². The number of likely N-dealkylation sites (N-methyl/N-ethyl adjacent to an activating group) is 1. The largest absolute Gasteiger partial charge is 0.338 e. The zero-order valence-electron chi connectivity index (χ0n) is 12.4. The summed E-state index contributed by atoms with van der Waals surface area (Å²) < 4.78 is 23.2. The molecule has 0 N–H and O–H groups in total. The normalized spacial score (nSPS) is 13.3. The smallest absolute Gasteiger partial charge is 0.246 e. The second-order valence-electron chi connectivity index (χ2n) is 4.88. The Bertz CT molecular complexity index is 608. The van der Waals surface area contributed by atoms with E-state index in [1.165, 1.54) is 11.0 Å². The van der Waals surface area contributed by atoms with E-state index < -0.39 is 9.84 Å². The van der Waals surface area contributed by atoms with Crippen LogP contribution in [0.15, 0.2) is 30.3 Å². The van der Waals surface area contributed by atoms with E-state index in [1.807, 2.05) is 0 Å². The van der Waals surface area contributed by atoms with Gasteiger partial charge in [0, 0.05) is 29.9 Å². The molecule has 0 aromatic heterocycles. The maximum atomic E-state index is 12.0. The Kier molecular flexibility index (Phi) is 6.42. The zero-order valence-corrected chi connectivity index (χ0v) is 14.0. The van der Waals surface area contributed by atoms with Gasteiger partial charge in [-0.25, -0.2) is 8.42 Å². The van der Waals surface area contributed by atoms with Crippen LogP contribution in [-0.2, 0) is 14.6 Å². The van der Waals surface area contributed by atoms with E-state index in [2.05, 4.69) is 0 Å². The molecule has 0 saturated carbocycles. The molecule has 0 aliphatic heterocycles. The fraction of sp³-hybridized carbons (Fsp3) is 0.400. The highest BCUT2D eigenvalue weighted by Crippen LogP contribution is 2.11. The van der Waals surface area contributed by atoms with Crippen molar-refractivity contribution in [1.82, 2.24) is 4.90 Å². The van der Waals surface area contributed by atoms with Crippen LogP contribution in [0.25, 0.3) is 6.08 Å². The Balaban J connectivity index is 2.68. The molecule has 0 aliphatic carbocycles. The zero-order chi connectivity index (χ0) is 16.0. The van der Waals surface area contributed by atoms with Gasteiger partial charge in [0.2, 0.25) is 5.91 Å². The first-order valence-corrected chi connectivity index (χ1v) is 8.86. The number of carbonyl (C=O) groups excluding carboxylic acids is 1. The van der Waals surface area contributed by atoms with Crippen molar-refractivity contribution in [3.63, 3.8) is 0 Å². The molecule has 4 nitrogen and oxygen atoms in total. The van der Waals surface area contributed by atoms with Gasteiger partial charge in [0.05, 0.1) is 5.75 Å². The van der Waals surface area contributed by atoms with E-state index in [1.54, 1.807) is 51.2 Å². The highest BCUT2D eigenvalue weighted by atomic mass is 35.5. The molecular formula is C15H20ClNO3S. The van der Waals surface area contributed by atoms with Gasteiger partial charge >= 0.3 is 0 Å². The van der Waals surface area contributed by atoms with Gasteiger partial charge in [0.15, 0.2) is 9.84 Å². The fourth-order valence-corrected chi connectivity index (χ4v) is 2.99. The minimum Gasteiger partial charge on any atom is -0.338 e. The summed E-state index contributed by atoms with van der Waals surface area (Å²) in [6.07, 6.45) is 3.11. The van der Waals surface area contributed by atoms with Gasteiger partial charge < -0.3 is 4.90 Å². The number of carbonyl (C=O) groups is 1. The minimum absolute atomic E-state index is 0.0273. The molecule has 1 rings (SSSR count). The molecule has 1 aromatic rings. The summed E-state index contributed by atoms with van der Waals surface area (Å²) in [7, 11) is -1.50. The predicted octanol–water partition coefficient (Wildman–Crippen LogP) is 2.63. The number of benzene rings is 1. The molecule has 21 heavy (non-hydrogen) atoms. The van der Waals surface area contributed by atoms with Gasteiger partial charge in [-0.15, -0.1) is 0 Å². The van der Waals surface area contributed by atoms with E-state index >= 15 is 0 Å². The molecule has 0 spiro atoms.